The van der Waals surface area contributed by atoms with Gasteiger partial charge in [0.15, 0.2) is 6.10 Å². The Morgan fingerprint density at radius 2 is 1.54 bits per heavy atom. The maximum Gasteiger partial charge on any atom is 0.265 e. The summed E-state index contributed by atoms with van der Waals surface area (Å²) in [6.07, 6.45) is -0.914. The number of nitrogens with zero attached hydrogens (tertiary/aromatic N) is 1. The average Bonchev–Trinajstić information content (AvgIpc) is 2.69. The second-order valence-corrected chi connectivity index (χ2v) is 8.98. The SMILES string of the molecule is CNC(=O)C1CN(S(=O)(=O)c2c(C)c(C)c(C)c(C)c2C)c2ccccc2O1. The molecule has 0 aromatic heterocycles. The molecule has 0 radical (unpaired) electrons. The molecule has 1 unspecified atom stereocenters. The van der Waals surface area contributed by atoms with E-state index in [9.17, 15) is 13.2 Å². The van der Waals surface area contributed by atoms with E-state index in [1.165, 1.54) is 11.4 Å². The molecule has 1 aliphatic heterocycles. The molecule has 150 valence electrons. The van der Waals surface area contributed by atoms with Crippen molar-refractivity contribution in [2.75, 3.05) is 17.9 Å². The monoisotopic (exact) mass is 402 g/mol. The van der Waals surface area contributed by atoms with Gasteiger partial charge in [-0.05, 0) is 74.6 Å². The van der Waals surface area contributed by atoms with Crippen LogP contribution in [-0.2, 0) is 14.8 Å². The Labute approximate surface area is 166 Å². The number of sulfonamides is 1. The fourth-order valence-corrected chi connectivity index (χ4v) is 5.73. The molecule has 2 aromatic rings. The zero-order chi connectivity index (χ0) is 20.8. The third kappa shape index (κ3) is 3.03. The predicted molar refractivity (Wildman–Crippen MR) is 110 cm³/mol. The van der Waals surface area contributed by atoms with Crippen LogP contribution in [0.3, 0.4) is 0 Å². The standard InChI is InChI=1S/C21H26N2O4S/c1-12-13(2)15(4)20(16(5)14(12)3)28(25,26)23-11-19(21(24)22-6)27-18-10-8-7-9-17(18)23/h7-10,19H,11H2,1-6H3,(H,22,24). The second-order valence-electron chi connectivity index (χ2n) is 7.18. The molecule has 0 saturated carbocycles. The summed E-state index contributed by atoms with van der Waals surface area (Å²) in [5, 5.41) is 2.54. The van der Waals surface area contributed by atoms with Gasteiger partial charge < -0.3 is 10.1 Å². The molecule has 3 rings (SSSR count). The number of hydrogen-bond acceptors (Lipinski definition) is 4. The van der Waals surface area contributed by atoms with Crippen LogP contribution in [0.1, 0.15) is 27.8 Å². The van der Waals surface area contributed by atoms with Gasteiger partial charge in [0.2, 0.25) is 0 Å². The van der Waals surface area contributed by atoms with Gasteiger partial charge in [0.05, 0.1) is 17.1 Å². The van der Waals surface area contributed by atoms with Crippen LogP contribution in [0, 0.1) is 34.6 Å². The summed E-state index contributed by atoms with van der Waals surface area (Å²) in [5.41, 5.74) is 4.94. The molecule has 0 fully saturated rings. The Balaban J connectivity index is 2.23. The van der Waals surface area contributed by atoms with Crippen molar-refractivity contribution in [3.63, 3.8) is 0 Å². The highest BCUT2D eigenvalue weighted by atomic mass is 32.2. The largest absolute Gasteiger partial charge is 0.476 e. The first-order valence-corrected chi connectivity index (χ1v) is 10.6. The summed E-state index contributed by atoms with van der Waals surface area (Å²) < 4.78 is 34.7. The molecule has 0 spiro atoms. The number of benzene rings is 2. The van der Waals surface area contributed by atoms with E-state index in [1.807, 2.05) is 34.6 Å². The van der Waals surface area contributed by atoms with Gasteiger partial charge >= 0.3 is 0 Å². The van der Waals surface area contributed by atoms with Crippen LogP contribution in [0.2, 0.25) is 0 Å². The van der Waals surface area contributed by atoms with Crippen LogP contribution in [0.25, 0.3) is 0 Å². The average molecular weight is 403 g/mol. The van der Waals surface area contributed by atoms with E-state index in [1.54, 1.807) is 24.3 Å². The van der Waals surface area contributed by atoms with Crippen LogP contribution in [0.5, 0.6) is 5.75 Å². The third-order valence-electron chi connectivity index (χ3n) is 5.75. The maximum absolute atomic E-state index is 13.8. The van der Waals surface area contributed by atoms with Crippen LogP contribution >= 0.6 is 0 Å². The lowest BCUT2D eigenvalue weighted by Gasteiger charge is -2.35. The molecule has 1 amide bonds. The van der Waals surface area contributed by atoms with Crippen molar-refractivity contribution in [2.45, 2.75) is 45.6 Å². The van der Waals surface area contributed by atoms with E-state index in [4.69, 9.17) is 4.74 Å². The number of nitrogens with one attached hydrogen (secondary N) is 1. The minimum absolute atomic E-state index is 0.0795. The topological polar surface area (TPSA) is 75.7 Å². The van der Waals surface area contributed by atoms with Crippen molar-refractivity contribution >= 4 is 21.6 Å². The van der Waals surface area contributed by atoms with Crippen LogP contribution < -0.4 is 14.4 Å². The third-order valence-corrected chi connectivity index (χ3v) is 7.81. The highest BCUT2D eigenvalue weighted by molar-refractivity contribution is 7.93. The summed E-state index contributed by atoms with van der Waals surface area (Å²) in [6, 6.07) is 6.90. The van der Waals surface area contributed by atoms with Crippen molar-refractivity contribution < 1.29 is 17.9 Å². The molecule has 1 N–H and O–H groups in total. The number of ether oxygens (including phenoxy) is 1. The molecule has 1 aliphatic rings. The molecular formula is C21H26N2O4S. The zero-order valence-corrected chi connectivity index (χ0v) is 17.9. The number of fused-ring (bicyclic) bond motifs is 1. The summed E-state index contributed by atoms with van der Waals surface area (Å²) in [6.45, 7) is 9.48. The van der Waals surface area contributed by atoms with Gasteiger partial charge in [0, 0.05) is 7.05 Å². The summed E-state index contributed by atoms with van der Waals surface area (Å²) in [5.74, 6) is 0.0150. The lowest BCUT2D eigenvalue weighted by atomic mass is 9.95. The minimum Gasteiger partial charge on any atom is -0.476 e. The van der Waals surface area contributed by atoms with Crippen molar-refractivity contribution in [1.29, 1.82) is 0 Å². The van der Waals surface area contributed by atoms with E-state index >= 15 is 0 Å². The number of hydrogen-bond donors (Lipinski definition) is 1. The number of amides is 1. The second kappa shape index (κ2) is 7.13. The smallest absolute Gasteiger partial charge is 0.265 e. The van der Waals surface area contributed by atoms with E-state index in [2.05, 4.69) is 5.32 Å². The van der Waals surface area contributed by atoms with Gasteiger partial charge in [-0.2, -0.15) is 0 Å². The Hall–Kier alpha value is -2.54. The van der Waals surface area contributed by atoms with Gasteiger partial charge in [0.1, 0.15) is 5.75 Å². The highest BCUT2D eigenvalue weighted by Gasteiger charge is 2.38. The fraction of sp³-hybridized carbons (Fsp3) is 0.381. The molecule has 1 heterocycles. The van der Waals surface area contributed by atoms with E-state index in [-0.39, 0.29) is 12.5 Å². The normalized spacial score (nSPS) is 16.4. The molecule has 0 aliphatic carbocycles. The van der Waals surface area contributed by atoms with Gasteiger partial charge in [-0.15, -0.1) is 0 Å². The number of anilines is 1. The Kier molecular flexibility index (Phi) is 5.14. The van der Waals surface area contributed by atoms with Crippen molar-refractivity contribution in [3.05, 3.63) is 52.1 Å². The summed E-state index contributed by atoms with van der Waals surface area (Å²) in [4.78, 5) is 12.5. The number of para-hydroxylation sites is 2. The Morgan fingerprint density at radius 3 is 2.11 bits per heavy atom. The van der Waals surface area contributed by atoms with Crippen LogP contribution in [-0.4, -0.2) is 34.0 Å². The van der Waals surface area contributed by atoms with Crippen molar-refractivity contribution in [3.8, 4) is 5.75 Å². The molecule has 0 bridgehead atoms. The molecule has 0 saturated heterocycles. The maximum atomic E-state index is 13.8. The van der Waals surface area contributed by atoms with E-state index in [0.717, 1.165) is 27.8 Å². The first kappa shape index (κ1) is 20.2. The van der Waals surface area contributed by atoms with E-state index < -0.39 is 16.1 Å². The first-order chi connectivity index (χ1) is 13.1. The highest BCUT2D eigenvalue weighted by Crippen LogP contribution is 2.39. The number of likely N-dealkylation sites (N-methyl/N-ethyl adjacent to an activating group) is 1. The molecule has 28 heavy (non-hydrogen) atoms. The van der Waals surface area contributed by atoms with Gasteiger partial charge in [0.25, 0.3) is 15.9 Å². The molecule has 6 nitrogen and oxygen atoms in total. The quantitative estimate of drug-likeness (QED) is 0.857. The van der Waals surface area contributed by atoms with Crippen LogP contribution in [0.15, 0.2) is 29.2 Å². The van der Waals surface area contributed by atoms with Crippen molar-refractivity contribution in [2.24, 2.45) is 0 Å². The Bertz CT molecular complexity index is 1030. The molecule has 1 atom stereocenters. The fourth-order valence-electron chi connectivity index (χ4n) is 3.69. The first-order valence-electron chi connectivity index (χ1n) is 9.18. The van der Waals surface area contributed by atoms with Gasteiger partial charge in [-0.1, -0.05) is 12.1 Å². The van der Waals surface area contributed by atoms with E-state index in [0.29, 0.717) is 16.3 Å². The number of rotatable bonds is 3. The van der Waals surface area contributed by atoms with Crippen LogP contribution in [0.4, 0.5) is 5.69 Å². The summed E-state index contributed by atoms with van der Waals surface area (Å²) >= 11 is 0. The summed E-state index contributed by atoms with van der Waals surface area (Å²) in [7, 11) is -2.39. The predicted octanol–water partition coefficient (Wildman–Crippen LogP) is 2.93. The molecule has 2 aromatic carbocycles. The molecule has 7 heteroatoms. The lowest BCUT2D eigenvalue weighted by molar-refractivity contribution is -0.127. The minimum atomic E-state index is -3.90. The zero-order valence-electron chi connectivity index (χ0n) is 17.1. The Morgan fingerprint density at radius 1 is 1.00 bits per heavy atom. The number of carbonyl (C=O) groups is 1. The lowest BCUT2D eigenvalue weighted by Crippen LogP contribution is -2.50. The van der Waals surface area contributed by atoms with Crippen molar-refractivity contribution in [1.82, 2.24) is 5.32 Å². The number of carbonyl (C=O) groups excluding carboxylic acids is 1. The van der Waals surface area contributed by atoms with Gasteiger partial charge in [-0.3, -0.25) is 9.10 Å². The molecular weight excluding hydrogens is 376 g/mol. The van der Waals surface area contributed by atoms with Gasteiger partial charge in [-0.25, -0.2) is 8.42 Å².